The number of anilines is 2. The Balaban J connectivity index is 1.15. The number of hydrogen-bond acceptors (Lipinski definition) is 9. The molecule has 4 aromatic rings. The number of aryl methyl sites for hydroxylation is 3. The number of carbonyl (C=O) groups is 1. The highest BCUT2D eigenvalue weighted by atomic mass is 16.5. The molecule has 10 heteroatoms. The number of pyridine rings is 2. The summed E-state index contributed by atoms with van der Waals surface area (Å²) in [5.74, 6) is 1.31. The van der Waals surface area contributed by atoms with Gasteiger partial charge in [-0.15, -0.1) is 0 Å². The molecule has 230 valence electrons. The first-order valence-electron chi connectivity index (χ1n) is 15.4. The van der Waals surface area contributed by atoms with Gasteiger partial charge < -0.3 is 20.5 Å². The number of benzene rings is 1. The van der Waals surface area contributed by atoms with Crippen molar-refractivity contribution >= 4 is 17.6 Å². The minimum absolute atomic E-state index is 0.404. The van der Waals surface area contributed by atoms with Gasteiger partial charge in [-0.05, 0) is 75.8 Å². The first-order chi connectivity index (χ1) is 21.5. The molecule has 3 N–H and O–H groups in total. The van der Waals surface area contributed by atoms with Gasteiger partial charge in [0.15, 0.2) is 0 Å². The summed E-state index contributed by atoms with van der Waals surface area (Å²) in [5, 5.41) is 16.5. The minimum atomic E-state index is -0.923. The maximum absolute atomic E-state index is 12.2. The second-order valence-corrected chi connectivity index (χ2v) is 11.1. The zero-order valence-electron chi connectivity index (χ0n) is 25.3. The van der Waals surface area contributed by atoms with Gasteiger partial charge in [-0.3, -0.25) is 14.9 Å². The number of nitrogens with one attached hydrogen (secondary N) is 2. The lowest BCUT2D eigenvalue weighted by Gasteiger charge is -2.25. The Bertz CT molecular complexity index is 1480. The van der Waals surface area contributed by atoms with Crippen molar-refractivity contribution in [1.82, 2.24) is 24.8 Å². The van der Waals surface area contributed by atoms with Crippen LogP contribution in [-0.4, -0.2) is 74.7 Å². The van der Waals surface area contributed by atoms with Crippen LogP contribution < -0.4 is 15.4 Å². The average Bonchev–Trinajstić information content (AvgIpc) is 3.06. The van der Waals surface area contributed by atoms with Crippen LogP contribution in [0, 0.1) is 6.92 Å². The van der Waals surface area contributed by atoms with E-state index in [1.165, 1.54) is 5.56 Å². The second kappa shape index (κ2) is 15.8. The van der Waals surface area contributed by atoms with Gasteiger partial charge in [0.05, 0.1) is 23.8 Å². The highest BCUT2D eigenvalue weighted by Gasteiger charge is 2.20. The van der Waals surface area contributed by atoms with Crippen LogP contribution in [0.1, 0.15) is 42.6 Å². The number of carboxylic acids is 1. The SMILES string of the molecule is Cc1ncccc1OCCN(CCCCc1ccc2c(n1)NCCC2)CCC(Nc1cnc(-c2ccccc2)cn1)C(=O)O. The molecular weight excluding hydrogens is 554 g/mol. The highest BCUT2D eigenvalue weighted by Crippen LogP contribution is 2.21. The molecule has 5 rings (SSSR count). The lowest BCUT2D eigenvalue weighted by atomic mass is 10.1. The molecule has 0 amide bonds. The summed E-state index contributed by atoms with van der Waals surface area (Å²) in [4.78, 5) is 32.5. The van der Waals surface area contributed by atoms with Gasteiger partial charge in [-0.2, -0.15) is 0 Å². The van der Waals surface area contributed by atoms with Gasteiger partial charge in [-0.1, -0.05) is 36.4 Å². The summed E-state index contributed by atoms with van der Waals surface area (Å²) < 4.78 is 6.02. The van der Waals surface area contributed by atoms with E-state index in [2.05, 4.69) is 42.6 Å². The lowest BCUT2D eigenvalue weighted by Crippen LogP contribution is -2.37. The summed E-state index contributed by atoms with van der Waals surface area (Å²) in [6, 6.07) is 17.1. The molecule has 4 heterocycles. The highest BCUT2D eigenvalue weighted by molar-refractivity contribution is 5.76. The molecule has 1 atom stereocenters. The van der Waals surface area contributed by atoms with Crippen LogP contribution in [0.3, 0.4) is 0 Å². The predicted octanol–water partition coefficient (Wildman–Crippen LogP) is 5.26. The lowest BCUT2D eigenvalue weighted by molar-refractivity contribution is -0.138. The monoisotopic (exact) mass is 595 g/mol. The Kier molecular flexibility index (Phi) is 11.1. The normalized spacial score (nSPS) is 13.1. The molecule has 1 aliphatic heterocycles. The predicted molar refractivity (Wildman–Crippen MR) is 172 cm³/mol. The molecule has 0 radical (unpaired) electrons. The zero-order chi connectivity index (χ0) is 30.6. The van der Waals surface area contributed by atoms with E-state index < -0.39 is 12.0 Å². The van der Waals surface area contributed by atoms with Crippen LogP contribution in [0.25, 0.3) is 11.3 Å². The molecule has 1 aliphatic rings. The molecule has 0 fully saturated rings. The van der Waals surface area contributed by atoms with E-state index >= 15 is 0 Å². The van der Waals surface area contributed by atoms with E-state index in [1.807, 2.05) is 49.4 Å². The van der Waals surface area contributed by atoms with Crippen molar-refractivity contribution in [3.8, 4) is 17.0 Å². The molecule has 44 heavy (non-hydrogen) atoms. The molecule has 0 saturated heterocycles. The molecule has 0 bridgehead atoms. The standard InChI is InChI=1S/C34H41N7O3/c1-25-31(13-8-17-35-25)44-22-21-41(19-6-5-12-28-15-14-27-11-7-18-36-33(27)39-28)20-16-29(34(42)43)40-32-24-37-30(23-38-32)26-9-3-2-4-10-26/h2-4,8-10,13-15,17,23-24,29H,5-7,11-12,16,18-22H2,1H3,(H,36,39)(H,38,40)(H,42,43). The molecule has 3 aromatic heterocycles. The van der Waals surface area contributed by atoms with Gasteiger partial charge in [0.1, 0.15) is 30.0 Å². The summed E-state index contributed by atoms with van der Waals surface area (Å²) in [6.45, 7) is 5.49. The van der Waals surface area contributed by atoms with Gasteiger partial charge in [0, 0.05) is 37.1 Å². The summed E-state index contributed by atoms with van der Waals surface area (Å²) >= 11 is 0. The third-order valence-electron chi connectivity index (χ3n) is 7.81. The van der Waals surface area contributed by atoms with E-state index in [-0.39, 0.29) is 0 Å². The zero-order valence-corrected chi connectivity index (χ0v) is 25.3. The van der Waals surface area contributed by atoms with E-state index in [0.29, 0.717) is 31.9 Å². The Morgan fingerprint density at radius 2 is 1.91 bits per heavy atom. The average molecular weight is 596 g/mol. The second-order valence-electron chi connectivity index (χ2n) is 11.1. The Labute approximate surface area is 259 Å². The quantitative estimate of drug-likeness (QED) is 0.148. The van der Waals surface area contributed by atoms with E-state index in [0.717, 1.165) is 79.4 Å². The number of rotatable bonds is 16. The van der Waals surface area contributed by atoms with Crippen molar-refractivity contribution in [2.24, 2.45) is 0 Å². The summed E-state index contributed by atoms with van der Waals surface area (Å²) in [6.07, 6.45) is 10.5. The van der Waals surface area contributed by atoms with Crippen LogP contribution in [0.5, 0.6) is 5.75 Å². The summed E-state index contributed by atoms with van der Waals surface area (Å²) in [7, 11) is 0. The number of aliphatic carboxylic acids is 1. The van der Waals surface area contributed by atoms with Crippen molar-refractivity contribution in [2.75, 3.05) is 43.4 Å². The number of nitrogens with zero attached hydrogens (tertiary/aromatic N) is 5. The maximum atomic E-state index is 12.2. The van der Waals surface area contributed by atoms with Crippen molar-refractivity contribution in [3.05, 3.63) is 90.1 Å². The van der Waals surface area contributed by atoms with Crippen molar-refractivity contribution in [2.45, 2.75) is 51.5 Å². The Morgan fingerprint density at radius 1 is 1.02 bits per heavy atom. The topological polar surface area (TPSA) is 125 Å². The number of fused-ring (bicyclic) bond motifs is 1. The molecule has 10 nitrogen and oxygen atoms in total. The maximum Gasteiger partial charge on any atom is 0.326 e. The molecule has 1 aromatic carbocycles. The molecule has 0 saturated carbocycles. The van der Waals surface area contributed by atoms with Crippen molar-refractivity contribution in [3.63, 3.8) is 0 Å². The number of aromatic nitrogens is 4. The van der Waals surface area contributed by atoms with Crippen LogP contribution in [0.15, 0.2) is 73.2 Å². The Morgan fingerprint density at radius 3 is 2.70 bits per heavy atom. The fraction of sp³-hybridized carbons (Fsp3) is 0.382. The van der Waals surface area contributed by atoms with E-state index in [9.17, 15) is 9.90 Å². The van der Waals surface area contributed by atoms with Crippen LogP contribution in [-0.2, 0) is 17.6 Å². The number of ether oxygens (including phenoxy) is 1. The molecule has 0 spiro atoms. The fourth-order valence-electron chi connectivity index (χ4n) is 5.30. The number of carboxylic acid groups (broad SMARTS) is 1. The van der Waals surface area contributed by atoms with Crippen molar-refractivity contribution < 1.29 is 14.6 Å². The van der Waals surface area contributed by atoms with Gasteiger partial charge in [0.25, 0.3) is 0 Å². The smallest absolute Gasteiger partial charge is 0.326 e. The first-order valence-corrected chi connectivity index (χ1v) is 15.4. The van der Waals surface area contributed by atoms with Crippen LogP contribution >= 0.6 is 0 Å². The number of hydrogen-bond donors (Lipinski definition) is 3. The van der Waals surface area contributed by atoms with E-state index in [1.54, 1.807) is 18.6 Å². The third kappa shape index (κ3) is 8.97. The van der Waals surface area contributed by atoms with Gasteiger partial charge in [-0.25, -0.2) is 14.8 Å². The van der Waals surface area contributed by atoms with Gasteiger partial charge in [0.2, 0.25) is 0 Å². The molecular formula is C34H41N7O3. The first kappa shape index (κ1) is 30.9. The molecule has 1 unspecified atom stereocenters. The fourth-order valence-corrected chi connectivity index (χ4v) is 5.30. The van der Waals surface area contributed by atoms with Gasteiger partial charge >= 0.3 is 5.97 Å². The van der Waals surface area contributed by atoms with Crippen molar-refractivity contribution in [1.29, 1.82) is 0 Å². The van der Waals surface area contributed by atoms with Crippen LogP contribution in [0.2, 0.25) is 0 Å². The summed E-state index contributed by atoms with van der Waals surface area (Å²) in [5.41, 5.74) is 4.95. The number of unbranched alkanes of at least 4 members (excludes halogenated alkanes) is 1. The Hall–Kier alpha value is -4.57. The largest absolute Gasteiger partial charge is 0.490 e. The minimum Gasteiger partial charge on any atom is -0.490 e. The third-order valence-corrected chi connectivity index (χ3v) is 7.81. The van der Waals surface area contributed by atoms with Crippen LogP contribution in [0.4, 0.5) is 11.6 Å². The molecule has 0 aliphatic carbocycles. The van der Waals surface area contributed by atoms with E-state index in [4.69, 9.17) is 9.72 Å².